The van der Waals surface area contributed by atoms with E-state index in [0.717, 1.165) is 0 Å². The fraction of sp³-hybridized carbons (Fsp3) is 0.300. The molecule has 2 rings (SSSR count). The molecule has 0 radical (unpaired) electrons. The Labute approximate surface area is 115 Å². The smallest absolute Gasteiger partial charge is 0.232 e. The third-order valence-corrected chi connectivity index (χ3v) is 3.86. The van der Waals surface area contributed by atoms with Crippen molar-refractivity contribution in [2.24, 2.45) is 0 Å². The summed E-state index contributed by atoms with van der Waals surface area (Å²) in [5.41, 5.74) is 0.401. The highest BCUT2D eigenvalue weighted by atomic mass is 35.5. The van der Waals surface area contributed by atoms with Gasteiger partial charge in [0.25, 0.3) is 0 Å². The molecule has 0 aliphatic carbocycles. The molecule has 1 N–H and O–H groups in total. The monoisotopic (exact) mass is 301 g/mol. The zero-order valence-corrected chi connectivity index (χ0v) is 11.5. The SMILES string of the molecule is O=S(=O)(CCCCl)Nc1ccc(-n2cncn2)nc1. The Morgan fingerprint density at radius 2 is 2.21 bits per heavy atom. The normalized spacial score (nSPS) is 11.4. The first-order valence-electron chi connectivity index (χ1n) is 5.48. The Bertz CT molecular complexity index is 612. The van der Waals surface area contributed by atoms with Crippen LogP contribution in [0, 0.1) is 0 Å². The molecule has 0 aliphatic rings. The van der Waals surface area contributed by atoms with Gasteiger partial charge in [-0.2, -0.15) is 5.10 Å². The van der Waals surface area contributed by atoms with Crippen molar-refractivity contribution in [1.29, 1.82) is 0 Å². The number of alkyl halides is 1. The summed E-state index contributed by atoms with van der Waals surface area (Å²) >= 11 is 5.47. The lowest BCUT2D eigenvalue weighted by atomic mass is 10.4. The zero-order chi connectivity index (χ0) is 13.7. The van der Waals surface area contributed by atoms with Crippen LogP contribution in [0.25, 0.3) is 5.82 Å². The van der Waals surface area contributed by atoms with Crippen molar-refractivity contribution in [1.82, 2.24) is 19.7 Å². The van der Waals surface area contributed by atoms with Crippen molar-refractivity contribution in [3.05, 3.63) is 31.0 Å². The Kier molecular flexibility index (Phi) is 4.33. The lowest BCUT2D eigenvalue weighted by Gasteiger charge is -2.07. The van der Waals surface area contributed by atoms with Crippen LogP contribution in [0.3, 0.4) is 0 Å². The van der Waals surface area contributed by atoms with Crippen molar-refractivity contribution < 1.29 is 8.42 Å². The van der Waals surface area contributed by atoms with E-state index < -0.39 is 10.0 Å². The van der Waals surface area contributed by atoms with Gasteiger partial charge in [0.1, 0.15) is 12.7 Å². The summed E-state index contributed by atoms with van der Waals surface area (Å²) in [4.78, 5) is 7.90. The number of halogens is 1. The van der Waals surface area contributed by atoms with E-state index >= 15 is 0 Å². The largest absolute Gasteiger partial charge is 0.282 e. The van der Waals surface area contributed by atoms with Crippen LogP contribution in [0.1, 0.15) is 6.42 Å². The van der Waals surface area contributed by atoms with Gasteiger partial charge in [0, 0.05) is 5.88 Å². The highest BCUT2D eigenvalue weighted by Gasteiger charge is 2.10. The molecule has 19 heavy (non-hydrogen) atoms. The second-order valence-electron chi connectivity index (χ2n) is 3.71. The first-order chi connectivity index (χ1) is 9.11. The van der Waals surface area contributed by atoms with Crippen LogP contribution < -0.4 is 4.72 Å². The fourth-order valence-corrected chi connectivity index (χ4v) is 2.78. The maximum atomic E-state index is 11.6. The van der Waals surface area contributed by atoms with Gasteiger partial charge in [-0.1, -0.05) is 0 Å². The van der Waals surface area contributed by atoms with Gasteiger partial charge in [-0.25, -0.2) is 23.1 Å². The molecule has 0 unspecified atom stereocenters. The molecule has 0 saturated heterocycles. The van der Waals surface area contributed by atoms with Crippen LogP contribution >= 0.6 is 11.6 Å². The molecule has 0 fully saturated rings. The van der Waals surface area contributed by atoms with E-state index in [4.69, 9.17) is 11.6 Å². The van der Waals surface area contributed by atoms with E-state index in [9.17, 15) is 8.42 Å². The van der Waals surface area contributed by atoms with Crippen molar-refractivity contribution in [2.75, 3.05) is 16.4 Å². The predicted molar refractivity (Wildman–Crippen MR) is 71.9 cm³/mol. The summed E-state index contributed by atoms with van der Waals surface area (Å²) in [5, 5.41) is 3.92. The molecule has 2 aromatic rings. The molecule has 7 nitrogen and oxygen atoms in total. The molecule has 0 spiro atoms. The maximum Gasteiger partial charge on any atom is 0.232 e. The molecular weight excluding hydrogens is 290 g/mol. The molecule has 102 valence electrons. The van der Waals surface area contributed by atoms with Crippen molar-refractivity contribution in [2.45, 2.75) is 6.42 Å². The van der Waals surface area contributed by atoms with E-state index in [1.54, 1.807) is 12.1 Å². The number of anilines is 1. The van der Waals surface area contributed by atoms with Gasteiger partial charge in [-0.15, -0.1) is 11.6 Å². The minimum Gasteiger partial charge on any atom is -0.282 e. The van der Waals surface area contributed by atoms with Gasteiger partial charge in [0.2, 0.25) is 10.0 Å². The van der Waals surface area contributed by atoms with Gasteiger partial charge in [0.05, 0.1) is 17.6 Å². The van der Waals surface area contributed by atoms with E-state index in [-0.39, 0.29) is 5.75 Å². The van der Waals surface area contributed by atoms with Crippen LogP contribution in [-0.2, 0) is 10.0 Å². The van der Waals surface area contributed by atoms with Crippen LogP contribution in [0.2, 0.25) is 0 Å². The third-order valence-electron chi connectivity index (χ3n) is 2.22. The number of pyridine rings is 1. The summed E-state index contributed by atoms with van der Waals surface area (Å²) in [6.07, 6.45) is 4.73. The molecule has 2 heterocycles. The molecule has 0 aliphatic heterocycles. The first-order valence-corrected chi connectivity index (χ1v) is 7.67. The second-order valence-corrected chi connectivity index (χ2v) is 5.93. The van der Waals surface area contributed by atoms with E-state index in [2.05, 4.69) is 19.8 Å². The summed E-state index contributed by atoms with van der Waals surface area (Å²) in [6.45, 7) is 0. The molecule has 9 heteroatoms. The number of nitrogens with one attached hydrogen (secondary N) is 1. The molecule has 0 aromatic carbocycles. The predicted octanol–water partition coefficient (Wildman–Crippen LogP) is 1.03. The zero-order valence-electron chi connectivity index (χ0n) is 9.90. The Balaban J connectivity index is 2.07. The Morgan fingerprint density at radius 3 is 2.79 bits per heavy atom. The molecule has 0 saturated carbocycles. The van der Waals surface area contributed by atoms with Gasteiger partial charge >= 0.3 is 0 Å². The topological polar surface area (TPSA) is 89.8 Å². The highest BCUT2D eigenvalue weighted by Crippen LogP contribution is 2.11. The van der Waals surface area contributed by atoms with Gasteiger partial charge in [-0.3, -0.25) is 4.72 Å². The van der Waals surface area contributed by atoms with E-state index in [1.165, 1.54) is 23.5 Å². The van der Waals surface area contributed by atoms with Gasteiger partial charge in [0.15, 0.2) is 5.82 Å². The number of aromatic nitrogens is 4. The van der Waals surface area contributed by atoms with Crippen molar-refractivity contribution in [3.63, 3.8) is 0 Å². The lowest BCUT2D eigenvalue weighted by molar-refractivity contribution is 0.600. The van der Waals surface area contributed by atoms with Crippen LogP contribution in [-0.4, -0.2) is 39.8 Å². The average molecular weight is 302 g/mol. The number of sulfonamides is 1. The number of hydrogen-bond donors (Lipinski definition) is 1. The maximum absolute atomic E-state index is 11.6. The summed E-state index contributed by atoms with van der Waals surface area (Å²) in [5.74, 6) is 0.854. The Hall–Kier alpha value is -1.67. The summed E-state index contributed by atoms with van der Waals surface area (Å²) in [7, 11) is -3.37. The van der Waals surface area contributed by atoms with Crippen LogP contribution in [0.4, 0.5) is 5.69 Å². The Morgan fingerprint density at radius 1 is 1.37 bits per heavy atom. The van der Waals surface area contributed by atoms with E-state index in [1.807, 2.05) is 0 Å². The van der Waals surface area contributed by atoms with Crippen molar-refractivity contribution in [3.8, 4) is 5.82 Å². The number of nitrogens with zero attached hydrogens (tertiary/aromatic N) is 4. The van der Waals surface area contributed by atoms with Gasteiger partial charge < -0.3 is 0 Å². The minimum absolute atomic E-state index is 0.0126. The molecular formula is C10H12ClN5O2S. The standard InChI is InChI=1S/C10H12ClN5O2S/c11-4-1-5-19(17,18)15-9-2-3-10(13-6-9)16-8-12-7-14-16/h2-3,6-8,15H,1,4-5H2. The summed E-state index contributed by atoms with van der Waals surface area (Å²) < 4.78 is 27.2. The number of hydrogen-bond acceptors (Lipinski definition) is 5. The lowest BCUT2D eigenvalue weighted by Crippen LogP contribution is -2.17. The fourth-order valence-electron chi connectivity index (χ4n) is 1.38. The third kappa shape index (κ3) is 3.90. The molecule has 0 atom stereocenters. The van der Waals surface area contributed by atoms with E-state index in [0.29, 0.717) is 23.8 Å². The molecule has 2 aromatic heterocycles. The second kappa shape index (κ2) is 5.98. The number of rotatable bonds is 6. The highest BCUT2D eigenvalue weighted by molar-refractivity contribution is 7.92. The van der Waals surface area contributed by atoms with Gasteiger partial charge in [-0.05, 0) is 18.6 Å². The van der Waals surface area contributed by atoms with Crippen LogP contribution in [0.5, 0.6) is 0 Å². The average Bonchev–Trinajstić information content (AvgIpc) is 2.91. The first kappa shape index (κ1) is 13.8. The van der Waals surface area contributed by atoms with Crippen LogP contribution in [0.15, 0.2) is 31.0 Å². The molecule has 0 amide bonds. The minimum atomic E-state index is -3.37. The summed E-state index contributed by atoms with van der Waals surface area (Å²) in [6, 6.07) is 3.26. The van der Waals surface area contributed by atoms with Crippen molar-refractivity contribution >= 4 is 27.3 Å². The quantitative estimate of drug-likeness (QED) is 0.805. The molecule has 0 bridgehead atoms.